The van der Waals surface area contributed by atoms with Gasteiger partial charge in [0.05, 0.1) is 0 Å². The molecule has 0 aromatic carbocycles. The van der Waals surface area contributed by atoms with Crippen molar-refractivity contribution in [2.75, 3.05) is 0 Å². The van der Waals surface area contributed by atoms with E-state index in [1.54, 1.807) is 0 Å². The first-order valence-electron chi connectivity index (χ1n) is 12.7. The van der Waals surface area contributed by atoms with E-state index in [2.05, 4.69) is 41.5 Å². The number of rotatable bonds is 3. The molecule has 9 atom stereocenters. The van der Waals surface area contributed by atoms with Gasteiger partial charge in [0.15, 0.2) is 0 Å². The van der Waals surface area contributed by atoms with Crippen molar-refractivity contribution in [3.05, 3.63) is 0 Å². The van der Waals surface area contributed by atoms with Crippen molar-refractivity contribution in [3.8, 4) is 0 Å². The molecular weight excluding hydrogens is 356 g/mol. The first kappa shape index (κ1) is 20.4. The van der Waals surface area contributed by atoms with E-state index in [0.29, 0.717) is 45.3 Å². The summed E-state index contributed by atoms with van der Waals surface area (Å²) >= 11 is 0. The quantitative estimate of drug-likeness (QED) is 0.545. The van der Waals surface area contributed by atoms with Crippen molar-refractivity contribution in [2.45, 2.75) is 106 Å². The third-order valence-corrected chi connectivity index (χ3v) is 12.9. The molecule has 1 N–H and O–H groups in total. The van der Waals surface area contributed by atoms with Gasteiger partial charge in [-0.05, 0) is 114 Å². The summed E-state index contributed by atoms with van der Waals surface area (Å²) in [5.74, 6) is 2.98. The minimum absolute atomic E-state index is 0.312. The second kappa shape index (κ2) is 5.83. The Hall–Kier alpha value is -0.530. The number of aliphatic carboxylic acids is 1. The van der Waals surface area contributed by atoms with Gasteiger partial charge in [-0.15, -0.1) is 0 Å². The third kappa shape index (κ3) is 2.23. The van der Waals surface area contributed by atoms with Crippen molar-refractivity contribution in [2.24, 2.45) is 56.7 Å². The molecule has 5 fully saturated rings. The highest BCUT2D eigenvalue weighted by molar-refractivity contribution is 5.67. The first-order chi connectivity index (χ1) is 13.4. The minimum Gasteiger partial charge on any atom is -0.481 e. The lowest BCUT2D eigenvalue weighted by Gasteiger charge is -2.63. The topological polar surface area (TPSA) is 37.3 Å². The van der Waals surface area contributed by atoms with Gasteiger partial charge in [0, 0.05) is 6.42 Å². The lowest BCUT2D eigenvalue weighted by atomic mass is 9.41. The van der Waals surface area contributed by atoms with E-state index < -0.39 is 5.97 Å². The molecule has 0 aliphatic heterocycles. The zero-order valence-corrected chi connectivity index (χ0v) is 19.8. The lowest BCUT2D eigenvalue weighted by Crippen LogP contribution is -2.56. The monoisotopic (exact) mass is 400 g/mol. The van der Waals surface area contributed by atoms with Crippen LogP contribution in [0.3, 0.4) is 0 Å². The van der Waals surface area contributed by atoms with E-state index in [9.17, 15) is 9.90 Å². The summed E-state index contributed by atoms with van der Waals surface area (Å²) in [7, 11) is 0. The summed E-state index contributed by atoms with van der Waals surface area (Å²) in [5.41, 5.74) is 2.55. The minimum atomic E-state index is -0.609. The Morgan fingerprint density at radius 1 is 0.897 bits per heavy atom. The summed E-state index contributed by atoms with van der Waals surface area (Å²) in [4.78, 5) is 11.4. The molecule has 5 aliphatic rings. The van der Waals surface area contributed by atoms with Crippen LogP contribution in [0.4, 0.5) is 0 Å². The van der Waals surface area contributed by atoms with Gasteiger partial charge in [-0.25, -0.2) is 0 Å². The highest BCUT2D eigenvalue weighted by atomic mass is 16.4. The molecule has 164 valence electrons. The smallest absolute Gasteiger partial charge is 0.303 e. The number of hydrogen-bond acceptors (Lipinski definition) is 1. The van der Waals surface area contributed by atoms with Gasteiger partial charge in [-0.2, -0.15) is 0 Å². The number of carbonyl (C=O) groups is 1. The number of fused-ring (bicyclic) bond motifs is 2. The van der Waals surface area contributed by atoms with Crippen LogP contribution in [0.25, 0.3) is 0 Å². The Kier molecular flexibility index (Phi) is 4.09. The van der Waals surface area contributed by atoms with Crippen LogP contribution < -0.4 is 0 Å². The average molecular weight is 401 g/mol. The Balaban J connectivity index is 1.48. The van der Waals surface area contributed by atoms with Gasteiger partial charge >= 0.3 is 5.97 Å². The number of carboxylic acid groups (broad SMARTS) is 1. The Morgan fingerprint density at radius 3 is 2.24 bits per heavy atom. The van der Waals surface area contributed by atoms with Crippen LogP contribution in [0.1, 0.15) is 106 Å². The highest BCUT2D eigenvalue weighted by Crippen LogP contribution is 2.89. The van der Waals surface area contributed by atoms with E-state index in [4.69, 9.17) is 0 Å². The standard InChI is InChI=1S/C27H44O2/c1-17(15-22(28)29)19-10-11-25(6)21-8-7-20-23(3,4)18(2)9-12-26(20)16-27(21,26)14-13-24(19,25)5/h17-21H,7-16H2,1-6H3,(H,28,29)/t17-,18+,19-,20+,21+,24-,25+,26-,27+/m1/s1. The maximum atomic E-state index is 11.4. The summed E-state index contributed by atoms with van der Waals surface area (Å²) < 4.78 is 0. The molecule has 0 unspecified atom stereocenters. The zero-order chi connectivity index (χ0) is 21.0. The zero-order valence-electron chi connectivity index (χ0n) is 19.8. The normalized spacial score (nSPS) is 55.8. The molecule has 0 saturated heterocycles. The van der Waals surface area contributed by atoms with Gasteiger partial charge in [0.1, 0.15) is 0 Å². The summed E-state index contributed by atoms with van der Waals surface area (Å²) in [6.07, 6.45) is 13.1. The molecule has 2 nitrogen and oxygen atoms in total. The fraction of sp³-hybridized carbons (Fsp3) is 0.963. The Morgan fingerprint density at radius 2 is 1.55 bits per heavy atom. The molecule has 5 saturated carbocycles. The maximum Gasteiger partial charge on any atom is 0.303 e. The van der Waals surface area contributed by atoms with Crippen LogP contribution in [0.5, 0.6) is 0 Å². The largest absolute Gasteiger partial charge is 0.481 e. The first-order valence-corrected chi connectivity index (χ1v) is 12.7. The molecule has 5 aliphatic carbocycles. The molecule has 0 radical (unpaired) electrons. The Labute approximate surface area is 178 Å². The SMILES string of the molecule is C[C@H](CC(=O)O)[C@H]1CC[C@@]2(C)[C@@H]3CC[C@H]4C(C)(C)[C@@H](C)CC[C@@]45C[C@@]35CC[C@]12C. The van der Waals surface area contributed by atoms with E-state index in [-0.39, 0.29) is 0 Å². The van der Waals surface area contributed by atoms with Crippen LogP contribution in [-0.2, 0) is 4.79 Å². The van der Waals surface area contributed by atoms with Gasteiger partial charge in [0.2, 0.25) is 0 Å². The predicted octanol–water partition coefficient (Wildman–Crippen LogP) is 7.17. The summed E-state index contributed by atoms with van der Waals surface area (Å²) in [6, 6.07) is 0. The van der Waals surface area contributed by atoms with Gasteiger partial charge < -0.3 is 5.11 Å². The van der Waals surface area contributed by atoms with Crippen molar-refractivity contribution in [1.82, 2.24) is 0 Å². The fourth-order valence-corrected chi connectivity index (χ4v) is 10.9. The predicted molar refractivity (Wildman–Crippen MR) is 117 cm³/mol. The van der Waals surface area contributed by atoms with Crippen LogP contribution in [0.15, 0.2) is 0 Å². The molecule has 5 rings (SSSR count). The van der Waals surface area contributed by atoms with Crippen molar-refractivity contribution < 1.29 is 9.90 Å². The van der Waals surface area contributed by atoms with E-state index in [0.717, 1.165) is 17.8 Å². The molecule has 0 aromatic rings. The van der Waals surface area contributed by atoms with E-state index in [1.807, 2.05) is 0 Å². The second-order valence-electron chi connectivity index (χ2n) is 13.5. The van der Waals surface area contributed by atoms with Gasteiger partial charge in [-0.3, -0.25) is 4.79 Å². The summed E-state index contributed by atoms with van der Waals surface area (Å²) in [6.45, 7) is 15.1. The third-order valence-electron chi connectivity index (χ3n) is 12.9. The molecule has 29 heavy (non-hydrogen) atoms. The molecule has 2 spiro atoms. The van der Waals surface area contributed by atoms with E-state index >= 15 is 0 Å². The van der Waals surface area contributed by atoms with Crippen LogP contribution in [0.2, 0.25) is 0 Å². The highest BCUT2D eigenvalue weighted by Gasteiger charge is 2.81. The van der Waals surface area contributed by atoms with E-state index in [1.165, 1.54) is 57.8 Å². The second-order valence-corrected chi connectivity index (χ2v) is 13.5. The molecular formula is C27H44O2. The van der Waals surface area contributed by atoms with Crippen molar-refractivity contribution >= 4 is 5.97 Å². The Bertz CT molecular complexity index is 726. The summed E-state index contributed by atoms with van der Waals surface area (Å²) in [5, 5.41) is 9.42. The lowest BCUT2D eigenvalue weighted by molar-refractivity contribution is -0.152. The van der Waals surface area contributed by atoms with Gasteiger partial charge in [-0.1, -0.05) is 41.5 Å². The molecule has 2 heteroatoms. The average Bonchev–Trinajstić information content (AvgIpc) is 3.21. The maximum absolute atomic E-state index is 11.4. The van der Waals surface area contributed by atoms with Crippen LogP contribution in [0, 0.1) is 56.7 Å². The molecule has 0 amide bonds. The molecule has 0 bridgehead atoms. The number of hydrogen-bond donors (Lipinski definition) is 1. The van der Waals surface area contributed by atoms with Crippen molar-refractivity contribution in [3.63, 3.8) is 0 Å². The fourth-order valence-electron chi connectivity index (χ4n) is 10.9. The molecule has 0 aromatic heterocycles. The molecule has 0 heterocycles. The van der Waals surface area contributed by atoms with Crippen LogP contribution >= 0.6 is 0 Å². The van der Waals surface area contributed by atoms with Crippen molar-refractivity contribution in [1.29, 1.82) is 0 Å². The van der Waals surface area contributed by atoms with Gasteiger partial charge in [0.25, 0.3) is 0 Å². The number of carboxylic acids is 1. The van der Waals surface area contributed by atoms with Crippen LogP contribution in [-0.4, -0.2) is 11.1 Å².